The van der Waals surface area contributed by atoms with Crippen LogP contribution in [0.3, 0.4) is 0 Å². The van der Waals surface area contributed by atoms with E-state index >= 15 is 0 Å². The first-order valence-electron chi connectivity index (χ1n) is 5.51. The molecule has 7 heteroatoms. The summed E-state index contributed by atoms with van der Waals surface area (Å²) in [5.41, 5.74) is 0. The van der Waals surface area contributed by atoms with Crippen molar-refractivity contribution >= 4 is 39.3 Å². The van der Waals surface area contributed by atoms with Crippen LogP contribution in [0.1, 0.15) is 24.3 Å². The molecule has 1 aliphatic rings. The lowest BCUT2D eigenvalue weighted by Gasteiger charge is -2.21. The van der Waals surface area contributed by atoms with E-state index in [0.29, 0.717) is 6.54 Å². The predicted molar refractivity (Wildman–Crippen MR) is 71.7 cm³/mol. The molecule has 18 heavy (non-hydrogen) atoms. The van der Waals surface area contributed by atoms with E-state index in [1.165, 1.54) is 0 Å². The summed E-state index contributed by atoms with van der Waals surface area (Å²) in [5.74, 6) is -0.891. The number of hydrogen-bond donors (Lipinski definition) is 2. The number of carboxylic acid groups (broad SMARTS) is 1. The molecule has 0 radical (unpaired) electrons. The Bertz CT molecular complexity index is 477. The van der Waals surface area contributed by atoms with Gasteiger partial charge in [-0.05, 0) is 35.0 Å². The highest BCUT2D eigenvalue weighted by atomic mass is 79.9. The van der Waals surface area contributed by atoms with Crippen LogP contribution in [-0.4, -0.2) is 34.6 Å². The summed E-state index contributed by atoms with van der Waals surface area (Å²) in [6, 6.07) is 3.36. The van der Waals surface area contributed by atoms with Gasteiger partial charge in [0.15, 0.2) is 0 Å². The van der Waals surface area contributed by atoms with Crippen LogP contribution in [-0.2, 0) is 4.79 Å². The van der Waals surface area contributed by atoms with Gasteiger partial charge in [-0.2, -0.15) is 0 Å². The minimum Gasteiger partial charge on any atom is -0.481 e. The van der Waals surface area contributed by atoms with E-state index in [4.69, 9.17) is 5.11 Å². The van der Waals surface area contributed by atoms with Gasteiger partial charge in [0.05, 0.1) is 16.2 Å². The van der Waals surface area contributed by atoms with E-state index in [1.807, 2.05) is 12.1 Å². The fraction of sp³-hybridized carbons (Fsp3) is 0.455. The summed E-state index contributed by atoms with van der Waals surface area (Å²) >= 11 is 4.96. The smallest absolute Gasteiger partial charge is 0.318 e. The molecule has 2 rings (SSSR count). The Morgan fingerprint density at radius 3 is 3.00 bits per heavy atom. The van der Waals surface area contributed by atoms with Crippen molar-refractivity contribution in [3.05, 3.63) is 20.8 Å². The molecular weight excluding hydrogens is 320 g/mol. The highest BCUT2D eigenvalue weighted by molar-refractivity contribution is 9.11. The molecule has 5 nitrogen and oxygen atoms in total. The molecule has 2 heterocycles. The largest absolute Gasteiger partial charge is 0.481 e. The number of halogens is 1. The number of amides is 2. The lowest BCUT2D eigenvalue weighted by atomic mass is 10.2. The predicted octanol–water partition coefficient (Wildman–Crippen LogP) is 2.44. The van der Waals surface area contributed by atoms with Gasteiger partial charge in [0.2, 0.25) is 0 Å². The second-order valence-corrected chi connectivity index (χ2v) is 6.74. The lowest BCUT2D eigenvalue weighted by Crippen LogP contribution is -2.37. The number of rotatable bonds is 4. The summed E-state index contributed by atoms with van der Waals surface area (Å²) in [6.07, 6.45) is -0.0335. The van der Waals surface area contributed by atoms with Gasteiger partial charge >= 0.3 is 12.0 Å². The molecule has 2 unspecified atom stereocenters. The fourth-order valence-corrected chi connectivity index (χ4v) is 3.44. The van der Waals surface area contributed by atoms with Crippen molar-refractivity contribution in [2.24, 2.45) is 0 Å². The number of carbonyl (C=O) groups is 2. The van der Waals surface area contributed by atoms with Crippen molar-refractivity contribution in [1.82, 2.24) is 10.2 Å². The van der Waals surface area contributed by atoms with Gasteiger partial charge in [0.25, 0.3) is 0 Å². The Kier molecular flexibility index (Phi) is 3.91. The third kappa shape index (κ3) is 2.84. The summed E-state index contributed by atoms with van der Waals surface area (Å²) in [6.45, 7) is 2.26. The van der Waals surface area contributed by atoms with Gasteiger partial charge in [-0.1, -0.05) is 0 Å². The standard InChI is InChI=1S/C11H13BrN2O3S/c1-6(4-10(15)16)14-5-7(13-11(14)17)8-2-3-9(12)18-8/h2-3,6-7H,4-5H2,1H3,(H,13,17)(H,15,16). The average molecular weight is 333 g/mol. The van der Waals surface area contributed by atoms with Crippen molar-refractivity contribution in [2.45, 2.75) is 25.4 Å². The van der Waals surface area contributed by atoms with Gasteiger partial charge < -0.3 is 15.3 Å². The first kappa shape index (κ1) is 13.4. The molecule has 0 saturated carbocycles. The van der Waals surface area contributed by atoms with Gasteiger partial charge in [-0.25, -0.2) is 4.79 Å². The molecule has 98 valence electrons. The summed E-state index contributed by atoms with van der Waals surface area (Å²) in [7, 11) is 0. The van der Waals surface area contributed by atoms with Gasteiger partial charge in [-0.3, -0.25) is 4.79 Å². The number of carboxylic acids is 1. The van der Waals surface area contributed by atoms with Gasteiger partial charge in [-0.15, -0.1) is 11.3 Å². The number of nitrogens with zero attached hydrogens (tertiary/aromatic N) is 1. The average Bonchev–Trinajstić information content (AvgIpc) is 2.83. The minimum atomic E-state index is -0.891. The first-order valence-corrected chi connectivity index (χ1v) is 7.12. The molecule has 0 bridgehead atoms. The third-order valence-electron chi connectivity index (χ3n) is 2.88. The first-order chi connectivity index (χ1) is 8.47. The van der Waals surface area contributed by atoms with Crippen LogP contribution < -0.4 is 5.32 Å². The third-order valence-corrected chi connectivity index (χ3v) is 4.61. The number of hydrogen-bond acceptors (Lipinski definition) is 3. The van der Waals surface area contributed by atoms with E-state index in [9.17, 15) is 9.59 Å². The van der Waals surface area contributed by atoms with Crippen molar-refractivity contribution in [2.75, 3.05) is 6.54 Å². The Balaban J connectivity index is 2.04. The molecule has 1 saturated heterocycles. The van der Waals surface area contributed by atoms with Crippen LogP contribution in [0.5, 0.6) is 0 Å². The Hall–Kier alpha value is -1.08. The maximum Gasteiger partial charge on any atom is 0.318 e. The van der Waals surface area contributed by atoms with Gasteiger partial charge in [0.1, 0.15) is 0 Å². The second kappa shape index (κ2) is 5.27. The summed E-state index contributed by atoms with van der Waals surface area (Å²) in [5, 5.41) is 11.6. The molecule has 0 spiro atoms. The number of nitrogens with one attached hydrogen (secondary N) is 1. The van der Waals surface area contributed by atoms with Crippen LogP contribution in [0.2, 0.25) is 0 Å². The zero-order valence-electron chi connectivity index (χ0n) is 9.72. The summed E-state index contributed by atoms with van der Waals surface area (Å²) in [4.78, 5) is 25.1. The fourth-order valence-electron chi connectivity index (χ4n) is 1.98. The quantitative estimate of drug-likeness (QED) is 0.889. The van der Waals surface area contributed by atoms with E-state index in [2.05, 4.69) is 21.2 Å². The maximum absolute atomic E-state index is 11.8. The highest BCUT2D eigenvalue weighted by Gasteiger charge is 2.34. The van der Waals surface area contributed by atoms with Crippen LogP contribution in [0.25, 0.3) is 0 Å². The highest BCUT2D eigenvalue weighted by Crippen LogP contribution is 2.30. The van der Waals surface area contributed by atoms with Crippen LogP contribution in [0.15, 0.2) is 15.9 Å². The SMILES string of the molecule is CC(CC(=O)O)N1CC(c2ccc(Br)s2)NC1=O. The molecule has 1 fully saturated rings. The number of thiophene rings is 1. The number of urea groups is 1. The molecule has 2 atom stereocenters. The van der Waals surface area contributed by atoms with E-state index in [0.717, 1.165) is 8.66 Å². The van der Waals surface area contributed by atoms with E-state index in [1.54, 1.807) is 23.2 Å². The number of carbonyl (C=O) groups excluding carboxylic acids is 1. The molecule has 0 aromatic carbocycles. The molecule has 2 N–H and O–H groups in total. The number of aliphatic carboxylic acids is 1. The maximum atomic E-state index is 11.8. The zero-order valence-corrected chi connectivity index (χ0v) is 12.1. The lowest BCUT2D eigenvalue weighted by molar-refractivity contribution is -0.137. The van der Waals surface area contributed by atoms with Crippen molar-refractivity contribution in [3.8, 4) is 0 Å². The minimum absolute atomic E-state index is 0.0335. The van der Waals surface area contributed by atoms with Crippen molar-refractivity contribution in [1.29, 1.82) is 0 Å². The van der Waals surface area contributed by atoms with Gasteiger partial charge in [0, 0.05) is 17.5 Å². The molecule has 0 aliphatic carbocycles. The van der Waals surface area contributed by atoms with Crippen molar-refractivity contribution < 1.29 is 14.7 Å². The zero-order chi connectivity index (χ0) is 13.3. The van der Waals surface area contributed by atoms with Crippen LogP contribution >= 0.6 is 27.3 Å². The molecule has 1 aromatic rings. The van der Waals surface area contributed by atoms with Crippen molar-refractivity contribution in [3.63, 3.8) is 0 Å². The summed E-state index contributed by atoms with van der Waals surface area (Å²) < 4.78 is 1.02. The Labute approximate surface area is 117 Å². The Morgan fingerprint density at radius 1 is 1.72 bits per heavy atom. The monoisotopic (exact) mass is 332 g/mol. The topological polar surface area (TPSA) is 69.6 Å². The molecular formula is C11H13BrN2O3S. The second-order valence-electron chi connectivity index (χ2n) is 4.24. The van der Waals surface area contributed by atoms with Crippen LogP contribution in [0.4, 0.5) is 4.79 Å². The Morgan fingerprint density at radius 2 is 2.44 bits per heavy atom. The molecule has 1 aliphatic heterocycles. The normalized spacial score (nSPS) is 20.9. The molecule has 1 aromatic heterocycles. The molecule has 2 amide bonds. The van der Waals surface area contributed by atoms with E-state index < -0.39 is 5.97 Å². The van der Waals surface area contributed by atoms with Crippen LogP contribution in [0, 0.1) is 0 Å². The van der Waals surface area contributed by atoms with E-state index in [-0.39, 0.29) is 24.5 Å².